The fraction of sp³-hybridized carbons (Fsp3) is 0.364. The second-order valence-electron chi connectivity index (χ2n) is 6.90. The standard InChI is InChI=1S/C22H28N2O2/c1-17(2)14-15-23-22(26)20-11-8-19(9-12-20)16-24-21(25)13-10-18-6-4-3-5-7-18/h3-9,11-12,17H,10,13-16H2,1-2H3,(H,23,26)(H,24,25). The number of rotatable bonds is 9. The van der Waals surface area contributed by atoms with Crippen LogP contribution in [0.4, 0.5) is 0 Å². The summed E-state index contributed by atoms with van der Waals surface area (Å²) >= 11 is 0. The number of hydrogen-bond donors (Lipinski definition) is 2. The van der Waals surface area contributed by atoms with Crippen LogP contribution >= 0.6 is 0 Å². The largest absolute Gasteiger partial charge is 0.352 e. The zero-order valence-corrected chi connectivity index (χ0v) is 15.6. The molecule has 2 rings (SSSR count). The maximum Gasteiger partial charge on any atom is 0.251 e. The highest BCUT2D eigenvalue weighted by Crippen LogP contribution is 2.06. The molecule has 2 amide bonds. The van der Waals surface area contributed by atoms with Gasteiger partial charge in [0.25, 0.3) is 5.91 Å². The number of hydrogen-bond acceptors (Lipinski definition) is 2. The quantitative estimate of drug-likeness (QED) is 0.723. The van der Waals surface area contributed by atoms with Crippen molar-refractivity contribution < 1.29 is 9.59 Å². The first kappa shape index (κ1) is 19.7. The molecule has 0 aromatic heterocycles. The predicted octanol–water partition coefficient (Wildman–Crippen LogP) is 3.71. The molecule has 0 atom stereocenters. The van der Waals surface area contributed by atoms with Crippen molar-refractivity contribution in [3.63, 3.8) is 0 Å². The molecule has 0 radical (unpaired) electrons. The smallest absolute Gasteiger partial charge is 0.251 e. The zero-order valence-electron chi connectivity index (χ0n) is 15.6. The van der Waals surface area contributed by atoms with E-state index in [0.29, 0.717) is 31.0 Å². The van der Waals surface area contributed by atoms with Crippen LogP contribution < -0.4 is 10.6 Å². The van der Waals surface area contributed by atoms with Crippen molar-refractivity contribution in [1.82, 2.24) is 10.6 Å². The lowest BCUT2D eigenvalue weighted by molar-refractivity contribution is -0.121. The van der Waals surface area contributed by atoms with E-state index in [2.05, 4.69) is 24.5 Å². The van der Waals surface area contributed by atoms with Gasteiger partial charge in [-0.05, 0) is 42.0 Å². The summed E-state index contributed by atoms with van der Waals surface area (Å²) in [6.07, 6.45) is 2.18. The van der Waals surface area contributed by atoms with Gasteiger partial charge in [0.05, 0.1) is 0 Å². The molecule has 0 saturated heterocycles. The Labute approximate surface area is 156 Å². The highest BCUT2D eigenvalue weighted by molar-refractivity contribution is 5.94. The van der Waals surface area contributed by atoms with Crippen LogP contribution in [0.3, 0.4) is 0 Å². The van der Waals surface area contributed by atoms with Gasteiger partial charge in [-0.15, -0.1) is 0 Å². The van der Waals surface area contributed by atoms with E-state index < -0.39 is 0 Å². The van der Waals surface area contributed by atoms with Crippen LogP contribution in [0.25, 0.3) is 0 Å². The van der Waals surface area contributed by atoms with Gasteiger partial charge in [-0.3, -0.25) is 9.59 Å². The van der Waals surface area contributed by atoms with Gasteiger partial charge >= 0.3 is 0 Å². The van der Waals surface area contributed by atoms with Gasteiger partial charge in [0, 0.05) is 25.1 Å². The summed E-state index contributed by atoms with van der Waals surface area (Å²) in [5.41, 5.74) is 2.79. The maximum atomic E-state index is 12.0. The molecule has 0 aliphatic carbocycles. The SMILES string of the molecule is CC(C)CCNC(=O)c1ccc(CNC(=O)CCc2ccccc2)cc1. The Kier molecular flexibility index (Phi) is 7.87. The number of carbonyl (C=O) groups is 2. The van der Waals surface area contributed by atoms with E-state index in [1.165, 1.54) is 0 Å². The van der Waals surface area contributed by atoms with Crippen LogP contribution in [-0.2, 0) is 17.8 Å². The lowest BCUT2D eigenvalue weighted by Gasteiger charge is -2.09. The molecule has 2 aromatic carbocycles. The van der Waals surface area contributed by atoms with Gasteiger partial charge in [0.1, 0.15) is 0 Å². The Morgan fingerprint density at radius 3 is 2.23 bits per heavy atom. The number of benzene rings is 2. The fourth-order valence-electron chi connectivity index (χ4n) is 2.54. The number of amides is 2. The van der Waals surface area contributed by atoms with Crippen molar-refractivity contribution in [3.05, 3.63) is 71.3 Å². The van der Waals surface area contributed by atoms with Crippen LogP contribution in [0.15, 0.2) is 54.6 Å². The molecule has 4 heteroatoms. The average Bonchev–Trinajstić information content (AvgIpc) is 2.65. The molecule has 2 aromatic rings. The molecule has 0 spiro atoms. The minimum absolute atomic E-state index is 0.0318. The first-order chi connectivity index (χ1) is 12.5. The second-order valence-corrected chi connectivity index (χ2v) is 6.90. The summed E-state index contributed by atoms with van der Waals surface area (Å²) in [7, 11) is 0. The minimum atomic E-state index is -0.0518. The van der Waals surface area contributed by atoms with Gasteiger partial charge in [-0.25, -0.2) is 0 Å². The van der Waals surface area contributed by atoms with Gasteiger partial charge in [-0.2, -0.15) is 0 Å². The molecule has 0 aliphatic heterocycles. The van der Waals surface area contributed by atoms with E-state index in [9.17, 15) is 9.59 Å². The van der Waals surface area contributed by atoms with Gasteiger partial charge in [-0.1, -0.05) is 56.3 Å². The number of carbonyl (C=O) groups excluding carboxylic acids is 2. The van der Waals surface area contributed by atoms with E-state index in [-0.39, 0.29) is 11.8 Å². The predicted molar refractivity (Wildman–Crippen MR) is 105 cm³/mol. The third kappa shape index (κ3) is 7.09. The lowest BCUT2D eigenvalue weighted by Crippen LogP contribution is -2.25. The van der Waals surface area contributed by atoms with Gasteiger partial charge in [0.15, 0.2) is 0 Å². The van der Waals surface area contributed by atoms with Crippen molar-refractivity contribution in [2.75, 3.05) is 6.54 Å². The molecule has 138 valence electrons. The summed E-state index contributed by atoms with van der Waals surface area (Å²) in [6.45, 7) is 5.43. The maximum absolute atomic E-state index is 12.0. The van der Waals surface area contributed by atoms with Crippen LogP contribution in [0.2, 0.25) is 0 Å². The van der Waals surface area contributed by atoms with Gasteiger partial charge < -0.3 is 10.6 Å². The van der Waals surface area contributed by atoms with Crippen molar-refractivity contribution in [2.45, 2.75) is 39.7 Å². The average molecular weight is 352 g/mol. The van der Waals surface area contributed by atoms with Crippen LogP contribution in [-0.4, -0.2) is 18.4 Å². The summed E-state index contributed by atoms with van der Waals surface area (Å²) in [6, 6.07) is 17.4. The van der Waals surface area contributed by atoms with Crippen molar-refractivity contribution in [1.29, 1.82) is 0 Å². The zero-order chi connectivity index (χ0) is 18.8. The molecule has 0 heterocycles. The Bertz CT molecular complexity index is 694. The number of nitrogens with one attached hydrogen (secondary N) is 2. The first-order valence-corrected chi connectivity index (χ1v) is 9.22. The van der Waals surface area contributed by atoms with E-state index >= 15 is 0 Å². The normalized spacial score (nSPS) is 10.6. The third-order valence-corrected chi connectivity index (χ3v) is 4.20. The monoisotopic (exact) mass is 352 g/mol. The van der Waals surface area contributed by atoms with Crippen LogP contribution in [0.1, 0.15) is 48.2 Å². The Morgan fingerprint density at radius 1 is 0.885 bits per heavy atom. The van der Waals surface area contributed by atoms with Crippen molar-refractivity contribution in [3.8, 4) is 0 Å². The molecule has 26 heavy (non-hydrogen) atoms. The summed E-state index contributed by atoms with van der Waals surface area (Å²) < 4.78 is 0. The van der Waals surface area contributed by atoms with Crippen LogP contribution in [0, 0.1) is 5.92 Å². The summed E-state index contributed by atoms with van der Waals surface area (Å²) in [5, 5.41) is 5.85. The molecule has 0 unspecified atom stereocenters. The first-order valence-electron chi connectivity index (χ1n) is 9.22. The third-order valence-electron chi connectivity index (χ3n) is 4.20. The lowest BCUT2D eigenvalue weighted by atomic mass is 10.1. The molecule has 2 N–H and O–H groups in total. The van der Waals surface area contributed by atoms with E-state index in [1.54, 1.807) is 12.1 Å². The molecular weight excluding hydrogens is 324 g/mol. The van der Waals surface area contributed by atoms with E-state index in [1.807, 2.05) is 42.5 Å². The molecule has 0 aliphatic rings. The molecule has 0 fully saturated rings. The second kappa shape index (κ2) is 10.4. The molecule has 4 nitrogen and oxygen atoms in total. The fourth-order valence-corrected chi connectivity index (χ4v) is 2.54. The van der Waals surface area contributed by atoms with Gasteiger partial charge in [0.2, 0.25) is 5.91 Å². The van der Waals surface area contributed by atoms with E-state index in [0.717, 1.165) is 24.0 Å². The topological polar surface area (TPSA) is 58.2 Å². The Morgan fingerprint density at radius 2 is 1.58 bits per heavy atom. The van der Waals surface area contributed by atoms with Crippen molar-refractivity contribution in [2.24, 2.45) is 5.92 Å². The summed E-state index contributed by atoms with van der Waals surface area (Å²) in [4.78, 5) is 24.0. The minimum Gasteiger partial charge on any atom is -0.352 e. The highest BCUT2D eigenvalue weighted by atomic mass is 16.2. The Balaban J connectivity index is 1.72. The molecule has 0 bridgehead atoms. The van der Waals surface area contributed by atoms with Crippen molar-refractivity contribution >= 4 is 11.8 Å². The number of aryl methyl sites for hydroxylation is 1. The van der Waals surface area contributed by atoms with E-state index in [4.69, 9.17) is 0 Å². The summed E-state index contributed by atoms with van der Waals surface area (Å²) in [5.74, 6) is 0.552. The Hall–Kier alpha value is -2.62. The van der Waals surface area contributed by atoms with Crippen LogP contribution in [0.5, 0.6) is 0 Å². The highest BCUT2D eigenvalue weighted by Gasteiger charge is 2.06. The molecular formula is C22H28N2O2. The molecule has 0 saturated carbocycles.